The van der Waals surface area contributed by atoms with Crippen molar-refractivity contribution in [1.82, 2.24) is 15.1 Å². The molecule has 2 N–H and O–H groups in total. The second-order valence-electron chi connectivity index (χ2n) is 4.89. The normalized spacial score (nSPS) is 13.4. The van der Waals surface area contributed by atoms with Crippen LogP contribution >= 0.6 is 0 Å². The first kappa shape index (κ1) is 16.2. The van der Waals surface area contributed by atoms with Crippen molar-refractivity contribution >= 4 is 22.5 Å². The van der Waals surface area contributed by atoms with Crippen LogP contribution in [0.1, 0.15) is 18.5 Å². The smallest absolute Gasteiger partial charge is 0.319 e. The van der Waals surface area contributed by atoms with Gasteiger partial charge in [0.1, 0.15) is 0 Å². The molecule has 0 fully saturated rings. The average Bonchev–Trinajstić information content (AvgIpc) is 2.94. The number of aromatic nitrogens is 2. The van der Waals surface area contributed by atoms with Crippen LogP contribution in [-0.2, 0) is 17.3 Å². The minimum atomic E-state index is -1.02. The van der Waals surface area contributed by atoms with E-state index in [1.165, 1.54) is 0 Å². The van der Waals surface area contributed by atoms with Gasteiger partial charge in [0.25, 0.3) is 0 Å². The molecular weight excluding hydrogens is 300 g/mol. The number of rotatable bonds is 6. The van der Waals surface area contributed by atoms with E-state index in [-0.39, 0.29) is 12.1 Å². The van der Waals surface area contributed by atoms with Crippen molar-refractivity contribution in [3.05, 3.63) is 48.3 Å². The molecule has 2 aromatic rings. The van der Waals surface area contributed by atoms with Crippen LogP contribution in [-0.4, -0.2) is 32.0 Å². The van der Waals surface area contributed by atoms with E-state index in [0.717, 1.165) is 12.1 Å². The molecule has 7 heteroatoms. The monoisotopic (exact) mass is 320 g/mol. The van der Waals surface area contributed by atoms with E-state index in [4.69, 9.17) is 0 Å². The SMILES string of the molecule is CCn1cc(NC(=O)N[C@H](C[S@](C)=O)c2ccccc2)cn1. The first-order chi connectivity index (χ1) is 10.6. The minimum absolute atomic E-state index is 0.298. The maximum atomic E-state index is 12.1. The lowest BCUT2D eigenvalue weighted by Gasteiger charge is -2.18. The summed E-state index contributed by atoms with van der Waals surface area (Å²) >= 11 is 0. The number of hydrogen-bond acceptors (Lipinski definition) is 3. The van der Waals surface area contributed by atoms with Gasteiger partial charge in [0.05, 0.1) is 17.9 Å². The molecule has 1 aromatic heterocycles. The number of hydrogen-bond donors (Lipinski definition) is 2. The summed E-state index contributed by atoms with van der Waals surface area (Å²) in [5.74, 6) is 0.367. The standard InChI is InChI=1S/C15H20N4O2S/c1-3-19-10-13(9-16-19)17-15(20)18-14(11-22(2)21)12-7-5-4-6-8-12/h4-10,14H,3,11H2,1-2H3,(H2,17,18,20)/t14-,22+/m1/s1. The first-order valence-corrected chi connectivity index (χ1v) is 8.76. The minimum Gasteiger partial charge on any atom is -0.330 e. The van der Waals surface area contributed by atoms with Gasteiger partial charge in [-0.15, -0.1) is 0 Å². The van der Waals surface area contributed by atoms with Gasteiger partial charge < -0.3 is 10.6 Å². The van der Waals surface area contributed by atoms with E-state index in [9.17, 15) is 9.00 Å². The molecule has 0 saturated carbocycles. The van der Waals surface area contributed by atoms with E-state index in [1.54, 1.807) is 23.3 Å². The van der Waals surface area contributed by atoms with Gasteiger partial charge in [0.15, 0.2) is 0 Å². The molecule has 1 heterocycles. The van der Waals surface area contributed by atoms with Gasteiger partial charge in [0.2, 0.25) is 0 Å². The molecule has 2 rings (SSSR count). The topological polar surface area (TPSA) is 76.0 Å². The summed E-state index contributed by atoms with van der Waals surface area (Å²) in [7, 11) is -1.02. The van der Waals surface area contributed by atoms with E-state index in [0.29, 0.717) is 11.4 Å². The second kappa shape index (κ2) is 7.74. The number of nitrogens with one attached hydrogen (secondary N) is 2. The Labute approximate surface area is 132 Å². The Kier molecular flexibility index (Phi) is 5.71. The van der Waals surface area contributed by atoms with Gasteiger partial charge in [-0.2, -0.15) is 5.10 Å². The fraction of sp³-hybridized carbons (Fsp3) is 0.333. The second-order valence-corrected chi connectivity index (χ2v) is 6.37. The largest absolute Gasteiger partial charge is 0.330 e. The fourth-order valence-electron chi connectivity index (χ4n) is 2.07. The molecule has 2 amide bonds. The zero-order valence-electron chi connectivity index (χ0n) is 12.7. The molecule has 0 radical (unpaired) electrons. The molecule has 22 heavy (non-hydrogen) atoms. The van der Waals surface area contributed by atoms with Crippen molar-refractivity contribution in [3.63, 3.8) is 0 Å². The van der Waals surface area contributed by atoms with Gasteiger partial charge in [-0.1, -0.05) is 30.3 Å². The highest BCUT2D eigenvalue weighted by Gasteiger charge is 2.16. The summed E-state index contributed by atoms with van der Waals surface area (Å²) in [5, 5.41) is 9.70. The molecule has 0 saturated heterocycles. The van der Waals surface area contributed by atoms with E-state index in [2.05, 4.69) is 15.7 Å². The first-order valence-electron chi connectivity index (χ1n) is 7.03. The Morgan fingerprint density at radius 1 is 1.36 bits per heavy atom. The molecular formula is C15H20N4O2S. The molecule has 6 nitrogen and oxygen atoms in total. The number of nitrogens with zero attached hydrogens (tertiary/aromatic N) is 2. The van der Waals surface area contributed by atoms with Crippen LogP contribution in [0.3, 0.4) is 0 Å². The lowest BCUT2D eigenvalue weighted by Crippen LogP contribution is -2.35. The van der Waals surface area contributed by atoms with Gasteiger partial charge in [-0.25, -0.2) is 4.79 Å². The van der Waals surface area contributed by atoms with Crippen LogP contribution in [0.25, 0.3) is 0 Å². The summed E-state index contributed by atoms with van der Waals surface area (Å²) in [6, 6.07) is 8.88. The third kappa shape index (κ3) is 4.70. The molecule has 0 aliphatic rings. The predicted molar refractivity (Wildman–Crippen MR) is 88.2 cm³/mol. The van der Waals surface area contributed by atoms with E-state index < -0.39 is 10.8 Å². The maximum Gasteiger partial charge on any atom is 0.319 e. The highest BCUT2D eigenvalue weighted by Crippen LogP contribution is 2.14. The lowest BCUT2D eigenvalue weighted by molar-refractivity contribution is 0.249. The average molecular weight is 320 g/mol. The van der Waals surface area contributed by atoms with Crippen molar-refractivity contribution in [3.8, 4) is 0 Å². The number of amides is 2. The highest BCUT2D eigenvalue weighted by molar-refractivity contribution is 7.84. The van der Waals surface area contributed by atoms with Gasteiger partial charge in [0, 0.05) is 35.5 Å². The zero-order chi connectivity index (χ0) is 15.9. The Morgan fingerprint density at radius 2 is 2.09 bits per heavy atom. The van der Waals surface area contributed by atoms with Crippen molar-refractivity contribution in [2.24, 2.45) is 0 Å². The number of urea groups is 1. The summed E-state index contributed by atoms with van der Waals surface area (Å²) in [5.41, 5.74) is 1.56. The lowest BCUT2D eigenvalue weighted by atomic mass is 10.1. The predicted octanol–water partition coefficient (Wildman–Crippen LogP) is 2.14. The highest BCUT2D eigenvalue weighted by atomic mass is 32.2. The number of aryl methyl sites for hydroxylation is 1. The quantitative estimate of drug-likeness (QED) is 0.856. The Hall–Kier alpha value is -2.15. The number of anilines is 1. The van der Waals surface area contributed by atoms with Crippen LogP contribution in [0, 0.1) is 0 Å². The van der Waals surface area contributed by atoms with Crippen LogP contribution in [0.4, 0.5) is 10.5 Å². The third-order valence-corrected chi connectivity index (χ3v) is 3.93. The van der Waals surface area contributed by atoms with Gasteiger partial charge in [-0.3, -0.25) is 8.89 Å². The molecule has 1 aromatic carbocycles. The van der Waals surface area contributed by atoms with Gasteiger partial charge >= 0.3 is 6.03 Å². The summed E-state index contributed by atoms with van der Waals surface area (Å²) in [4.78, 5) is 12.1. The zero-order valence-corrected chi connectivity index (χ0v) is 13.5. The third-order valence-electron chi connectivity index (χ3n) is 3.12. The van der Waals surface area contributed by atoms with Crippen LogP contribution in [0.2, 0.25) is 0 Å². The fourth-order valence-corrected chi connectivity index (χ4v) is 2.81. The van der Waals surface area contributed by atoms with Crippen molar-refractivity contribution in [2.75, 3.05) is 17.3 Å². The molecule has 118 valence electrons. The summed E-state index contributed by atoms with van der Waals surface area (Å²) in [6.45, 7) is 2.71. The Morgan fingerprint density at radius 3 is 2.68 bits per heavy atom. The Bertz CT molecular complexity index is 642. The van der Waals surface area contributed by atoms with Crippen LogP contribution < -0.4 is 10.6 Å². The molecule has 0 spiro atoms. The molecule has 0 aliphatic carbocycles. The molecule has 0 aliphatic heterocycles. The van der Waals surface area contributed by atoms with Crippen LogP contribution in [0.15, 0.2) is 42.7 Å². The number of carbonyl (C=O) groups excluding carboxylic acids is 1. The molecule has 0 bridgehead atoms. The van der Waals surface area contributed by atoms with Crippen molar-refractivity contribution in [1.29, 1.82) is 0 Å². The summed E-state index contributed by atoms with van der Waals surface area (Å²) < 4.78 is 13.3. The number of benzene rings is 1. The molecule has 2 atom stereocenters. The van der Waals surface area contributed by atoms with Crippen molar-refractivity contribution < 1.29 is 9.00 Å². The van der Waals surface area contributed by atoms with E-state index >= 15 is 0 Å². The maximum absolute atomic E-state index is 12.1. The summed E-state index contributed by atoms with van der Waals surface area (Å²) in [6.07, 6.45) is 4.98. The molecule has 0 unspecified atom stereocenters. The number of carbonyl (C=O) groups is 1. The van der Waals surface area contributed by atoms with Gasteiger partial charge in [-0.05, 0) is 12.5 Å². The van der Waals surface area contributed by atoms with E-state index in [1.807, 2.05) is 37.3 Å². The Balaban J connectivity index is 2.03. The van der Waals surface area contributed by atoms with Crippen molar-refractivity contribution in [2.45, 2.75) is 19.5 Å². The van der Waals surface area contributed by atoms with Crippen LogP contribution in [0.5, 0.6) is 0 Å².